The fraction of sp³-hybridized carbons (Fsp3) is 0.500. The fourth-order valence-corrected chi connectivity index (χ4v) is 4.40. The minimum absolute atomic E-state index is 0.0656. The van der Waals surface area contributed by atoms with Gasteiger partial charge in [0.1, 0.15) is 0 Å². The molecule has 2 rings (SSSR count). The molecule has 2 aromatic carbocycles. The first kappa shape index (κ1) is 26.5. The van der Waals surface area contributed by atoms with Crippen LogP contribution in [0.15, 0.2) is 59.5 Å². The van der Waals surface area contributed by atoms with Gasteiger partial charge in [-0.2, -0.15) is 0 Å². The van der Waals surface area contributed by atoms with Crippen LogP contribution in [0, 0.1) is 0 Å². The third-order valence-electron chi connectivity index (χ3n) is 6.10. The maximum atomic E-state index is 12.4. The number of allylic oxidation sites excluding steroid dienone is 1. The maximum absolute atomic E-state index is 12.4. The van der Waals surface area contributed by atoms with Gasteiger partial charge in [-0.25, -0.2) is 0 Å². The Labute approximate surface area is 201 Å². The van der Waals surface area contributed by atoms with Crippen LogP contribution in [0.1, 0.15) is 105 Å². The average Bonchev–Trinajstić information content (AvgIpc) is 2.84. The van der Waals surface area contributed by atoms with Gasteiger partial charge in [0.2, 0.25) is 0 Å². The molecule has 0 saturated carbocycles. The highest BCUT2D eigenvalue weighted by Crippen LogP contribution is 2.17. The molecule has 0 bridgehead atoms. The van der Waals surface area contributed by atoms with Crippen LogP contribution in [-0.4, -0.2) is 12.0 Å². The number of carbonyl (C=O) groups excluding carboxylic acids is 1. The number of benzene rings is 2. The molecule has 0 aliphatic rings. The predicted octanol–water partition coefficient (Wildman–Crippen LogP) is 9.55. The van der Waals surface area contributed by atoms with E-state index in [2.05, 4.69) is 37.4 Å². The molecule has 0 aliphatic carbocycles. The number of thioether (sulfide) groups is 1. The average molecular weight is 451 g/mol. The second-order valence-corrected chi connectivity index (χ2v) is 9.69. The second kappa shape index (κ2) is 16.8. The molecule has 0 aromatic heterocycles. The molecule has 1 nitrogen and oxygen atoms in total. The predicted molar refractivity (Wildman–Crippen MR) is 143 cm³/mol. The number of hydrogen-bond donors (Lipinski definition) is 0. The third-order valence-corrected chi connectivity index (χ3v) is 6.84. The van der Waals surface area contributed by atoms with Crippen LogP contribution in [0.2, 0.25) is 0 Å². The van der Waals surface area contributed by atoms with Crippen LogP contribution >= 0.6 is 11.8 Å². The Morgan fingerprint density at radius 1 is 0.719 bits per heavy atom. The van der Waals surface area contributed by atoms with Gasteiger partial charge in [-0.1, -0.05) is 120 Å². The number of rotatable bonds is 17. The van der Waals surface area contributed by atoms with Gasteiger partial charge in [0.15, 0.2) is 5.78 Å². The second-order valence-electron chi connectivity index (χ2n) is 8.81. The van der Waals surface area contributed by atoms with E-state index < -0.39 is 0 Å². The summed E-state index contributed by atoms with van der Waals surface area (Å²) < 4.78 is 0. The molecule has 0 fully saturated rings. The van der Waals surface area contributed by atoms with E-state index >= 15 is 0 Å². The molecule has 2 aromatic rings. The molecule has 0 amide bonds. The van der Waals surface area contributed by atoms with Gasteiger partial charge in [-0.3, -0.25) is 4.79 Å². The molecule has 0 unspecified atom stereocenters. The molecular formula is C30H42OS. The Kier molecular flexibility index (Phi) is 13.9. The van der Waals surface area contributed by atoms with E-state index in [0.29, 0.717) is 0 Å². The lowest BCUT2D eigenvalue weighted by atomic mass is 10.0. The summed E-state index contributed by atoms with van der Waals surface area (Å²) in [6, 6.07) is 16.4. The lowest BCUT2D eigenvalue weighted by Crippen LogP contribution is -1.95. The standard InChI is InChI=1S/C30H42OS/c1-3-4-5-6-7-8-9-10-11-12-13-14-15-26-16-21-28(22-17-26)30(31)25-20-27-18-23-29(32-2)24-19-27/h16-25H,3-15H2,1-2H3/b25-20+. The molecule has 0 heterocycles. The number of aryl methyl sites for hydroxylation is 1. The van der Waals surface area contributed by atoms with Gasteiger partial charge in [0.25, 0.3) is 0 Å². The zero-order chi connectivity index (χ0) is 22.9. The first-order valence-electron chi connectivity index (χ1n) is 12.7. The van der Waals surface area contributed by atoms with Crippen molar-refractivity contribution in [2.75, 3.05) is 6.26 Å². The lowest BCUT2D eigenvalue weighted by Gasteiger charge is -2.04. The van der Waals surface area contributed by atoms with Crippen LogP contribution in [0.4, 0.5) is 0 Å². The van der Waals surface area contributed by atoms with Crippen molar-refractivity contribution in [3.63, 3.8) is 0 Å². The Balaban J connectivity index is 1.57. The maximum Gasteiger partial charge on any atom is 0.185 e. The first-order chi connectivity index (χ1) is 15.7. The van der Waals surface area contributed by atoms with Crippen molar-refractivity contribution in [3.8, 4) is 0 Å². The first-order valence-corrected chi connectivity index (χ1v) is 13.9. The van der Waals surface area contributed by atoms with E-state index in [9.17, 15) is 4.79 Å². The monoisotopic (exact) mass is 450 g/mol. The van der Waals surface area contributed by atoms with Crippen molar-refractivity contribution in [1.29, 1.82) is 0 Å². The largest absolute Gasteiger partial charge is 0.289 e. The number of hydrogen-bond acceptors (Lipinski definition) is 2. The van der Waals surface area contributed by atoms with Gasteiger partial charge in [0, 0.05) is 10.5 Å². The van der Waals surface area contributed by atoms with Crippen molar-refractivity contribution in [1.82, 2.24) is 0 Å². The van der Waals surface area contributed by atoms with Gasteiger partial charge >= 0.3 is 0 Å². The molecule has 0 aliphatic heterocycles. The zero-order valence-corrected chi connectivity index (χ0v) is 21.1. The van der Waals surface area contributed by atoms with Crippen molar-refractivity contribution in [3.05, 3.63) is 71.3 Å². The third kappa shape index (κ3) is 11.2. The summed E-state index contributed by atoms with van der Waals surface area (Å²) in [5, 5.41) is 0. The normalized spacial score (nSPS) is 11.3. The highest BCUT2D eigenvalue weighted by atomic mass is 32.2. The highest BCUT2D eigenvalue weighted by molar-refractivity contribution is 7.98. The summed E-state index contributed by atoms with van der Waals surface area (Å²) in [7, 11) is 0. The molecule has 32 heavy (non-hydrogen) atoms. The van der Waals surface area contributed by atoms with E-state index in [1.165, 1.54) is 87.5 Å². The lowest BCUT2D eigenvalue weighted by molar-refractivity contribution is 0.104. The minimum Gasteiger partial charge on any atom is -0.289 e. The van der Waals surface area contributed by atoms with E-state index in [4.69, 9.17) is 0 Å². The summed E-state index contributed by atoms with van der Waals surface area (Å²) in [6.45, 7) is 2.28. The summed E-state index contributed by atoms with van der Waals surface area (Å²) >= 11 is 1.72. The van der Waals surface area contributed by atoms with Gasteiger partial charge in [-0.05, 0) is 48.4 Å². The SMILES string of the molecule is CCCCCCCCCCCCCCc1ccc(C(=O)/C=C/c2ccc(SC)cc2)cc1. The Morgan fingerprint density at radius 3 is 1.78 bits per heavy atom. The molecule has 174 valence electrons. The van der Waals surface area contributed by atoms with Crippen LogP contribution < -0.4 is 0 Å². The van der Waals surface area contributed by atoms with Crippen LogP contribution in [0.25, 0.3) is 6.08 Å². The molecular weight excluding hydrogens is 408 g/mol. The molecule has 0 saturated heterocycles. The van der Waals surface area contributed by atoms with Crippen molar-refractivity contribution >= 4 is 23.6 Å². The molecule has 2 heteroatoms. The topological polar surface area (TPSA) is 17.1 Å². The van der Waals surface area contributed by atoms with Crippen LogP contribution in [-0.2, 0) is 6.42 Å². The van der Waals surface area contributed by atoms with Crippen LogP contribution in [0.5, 0.6) is 0 Å². The van der Waals surface area contributed by atoms with E-state index in [0.717, 1.165) is 17.5 Å². The number of carbonyl (C=O) groups is 1. The summed E-state index contributed by atoms with van der Waals surface area (Å²) in [6.07, 6.45) is 23.3. The van der Waals surface area contributed by atoms with Crippen molar-refractivity contribution in [2.24, 2.45) is 0 Å². The summed E-state index contributed by atoms with van der Waals surface area (Å²) in [4.78, 5) is 13.7. The number of unbranched alkanes of at least 4 members (excludes halogenated alkanes) is 11. The Bertz CT molecular complexity index is 773. The molecule has 0 N–H and O–H groups in total. The quantitative estimate of drug-likeness (QED) is 0.103. The van der Waals surface area contributed by atoms with E-state index in [-0.39, 0.29) is 5.78 Å². The highest BCUT2D eigenvalue weighted by Gasteiger charge is 2.02. The van der Waals surface area contributed by atoms with E-state index in [1.54, 1.807) is 17.8 Å². The van der Waals surface area contributed by atoms with Crippen LogP contribution in [0.3, 0.4) is 0 Å². The van der Waals surface area contributed by atoms with Gasteiger partial charge in [0.05, 0.1) is 0 Å². The van der Waals surface area contributed by atoms with Crippen molar-refractivity contribution in [2.45, 2.75) is 95.3 Å². The summed E-state index contributed by atoms with van der Waals surface area (Å²) in [5.74, 6) is 0.0656. The molecule has 0 radical (unpaired) electrons. The Hall–Kier alpha value is -1.80. The fourth-order valence-electron chi connectivity index (χ4n) is 3.99. The van der Waals surface area contributed by atoms with Gasteiger partial charge < -0.3 is 0 Å². The number of ketones is 1. The van der Waals surface area contributed by atoms with Gasteiger partial charge in [-0.15, -0.1) is 11.8 Å². The Morgan fingerprint density at radius 2 is 1.25 bits per heavy atom. The minimum atomic E-state index is 0.0656. The molecule has 0 spiro atoms. The van der Waals surface area contributed by atoms with Crippen molar-refractivity contribution < 1.29 is 4.79 Å². The van der Waals surface area contributed by atoms with E-state index in [1.807, 2.05) is 30.3 Å². The smallest absolute Gasteiger partial charge is 0.185 e. The zero-order valence-electron chi connectivity index (χ0n) is 20.3. The molecule has 0 atom stereocenters. The summed E-state index contributed by atoms with van der Waals surface area (Å²) in [5.41, 5.74) is 3.16.